The molecule has 0 amide bonds. The molecule has 0 saturated heterocycles. The Bertz CT molecular complexity index is 602. The summed E-state index contributed by atoms with van der Waals surface area (Å²) in [6.07, 6.45) is 0.358. The third-order valence-electron chi connectivity index (χ3n) is 3.00. The van der Waals surface area contributed by atoms with Crippen LogP contribution in [0.5, 0.6) is 0 Å². The Labute approximate surface area is 104 Å². The zero-order chi connectivity index (χ0) is 13.3. The zero-order valence-corrected chi connectivity index (χ0v) is 10.2. The number of carbonyl (C=O) groups is 1. The molecule has 0 atom stereocenters. The molecule has 0 bridgehead atoms. The van der Waals surface area contributed by atoms with E-state index in [-0.39, 0.29) is 13.0 Å². The van der Waals surface area contributed by atoms with Gasteiger partial charge in [0.2, 0.25) is 0 Å². The molecule has 1 heterocycles. The maximum atomic E-state index is 10.8. The number of H-pyrrole nitrogens is 1. The molecule has 96 valence electrons. The second-order valence-electron chi connectivity index (χ2n) is 4.39. The van der Waals surface area contributed by atoms with Gasteiger partial charge in [-0.2, -0.15) is 0 Å². The number of fused-ring (bicyclic) bond motifs is 1. The molecule has 5 heteroatoms. The number of anilines is 1. The van der Waals surface area contributed by atoms with Crippen LogP contribution >= 0.6 is 0 Å². The second-order valence-corrected chi connectivity index (χ2v) is 4.39. The van der Waals surface area contributed by atoms with Gasteiger partial charge >= 0.3 is 5.97 Å². The van der Waals surface area contributed by atoms with Crippen LogP contribution < -0.4 is 5.73 Å². The van der Waals surface area contributed by atoms with Gasteiger partial charge in [0.05, 0.1) is 6.42 Å². The first-order chi connectivity index (χ1) is 8.52. The van der Waals surface area contributed by atoms with E-state index >= 15 is 0 Å². The lowest BCUT2D eigenvalue weighted by atomic mass is 10.0. The van der Waals surface area contributed by atoms with Crippen molar-refractivity contribution in [3.8, 4) is 0 Å². The van der Waals surface area contributed by atoms with Crippen LogP contribution in [0.4, 0.5) is 5.69 Å². The second kappa shape index (κ2) is 4.70. The van der Waals surface area contributed by atoms with Crippen LogP contribution in [0.1, 0.15) is 16.8 Å². The summed E-state index contributed by atoms with van der Waals surface area (Å²) in [5.41, 5.74) is 9.73. The van der Waals surface area contributed by atoms with Crippen LogP contribution in [0, 0.1) is 6.92 Å². The highest BCUT2D eigenvalue weighted by molar-refractivity contribution is 5.91. The van der Waals surface area contributed by atoms with Crippen molar-refractivity contribution in [2.24, 2.45) is 0 Å². The van der Waals surface area contributed by atoms with Gasteiger partial charge in [0.25, 0.3) is 0 Å². The molecule has 2 aromatic rings. The molecule has 5 N–H and O–H groups in total. The van der Waals surface area contributed by atoms with Crippen LogP contribution in [-0.2, 0) is 17.6 Å². The van der Waals surface area contributed by atoms with Crippen molar-refractivity contribution in [3.05, 3.63) is 29.0 Å². The first-order valence-corrected chi connectivity index (χ1v) is 5.75. The van der Waals surface area contributed by atoms with Gasteiger partial charge in [-0.3, -0.25) is 4.79 Å². The van der Waals surface area contributed by atoms with E-state index < -0.39 is 5.97 Å². The number of aromatic nitrogens is 1. The number of aliphatic hydroxyl groups is 1. The van der Waals surface area contributed by atoms with Crippen LogP contribution in [0.15, 0.2) is 12.1 Å². The standard InChI is InChI=1S/C13H16N2O3/c1-7-4-8(14)5-11-13(7)9(2-3-16)10(15-11)6-12(17)18/h4-5,15-16H,2-3,6,14H2,1H3,(H,17,18). The summed E-state index contributed by atoms with van der Waals surface area (Å²) < 4.78 is 0. The van der Waals surface area contributed by atoms with Gasteiger partial charge in [-0.25, -0.2) is 0 Å². The van der Waals surface area contributed by atoms with E-state index in [0.717, 1.165) is 22.0 Å². The van der Waals surface area contributed by atoms with Gasteiger partial charge in [0.1, 0.15) is 0 Å². The average Bonchev–Trinajstić information content (AvgIpc) is 2.56. The number of hydrogen-bond donors (Lipinski definition) is 4. The molecular weight excluding hydrogens is 232 g/mol. The topological polar surface area (TPSA) is 99.3 Å². The van der Waals surface area contributed by atoms with Crippen molar-refractivity contribution in [2.75, 3.05) is 12.3 Å². The number of aliphatic carboxylic acids is 1. The van der Waals surface area contributed by atoms with E-state index in [0.29, 0.717) is 17.8 Å². The number of hydrogen-bond acceptors (Lipinski definition) is 3. The Morgan fingerprint density at radius 2 is 2.17 bits per heavy atom. The van der Waals surface area contributed by atoms with Gasteiger partial charge in [-0.15, -0.1) is 0 Å². The molecule has 5 nitrogen and oxygen atoms in total. The SMILES string of the molecule is Cc1cc(N)cc2[nH]c(CC(=O)O)c(CCO)c12. The molecule has 0 saturated carbocycles. The number of rotatable bonds is 4. The Morgan fingerprint density at radius 3 is 2.78 bits per heavy atom. The van der Waals surface area contributed by atoms with Crippen molar-refractivity contribution in [1.29, 1.82) is 0 Å². The maximum Gasteiger partial charge on any atom is 0.309 e. The number of aryl methyl sites for hydroxylation is 1. The molecule has 1 aromatic heterocycles. The van der Waals surface area contributed by atoms with Gasteiger partial charge in [-0.05, 0) is 36.6 Å². The van der Waals surface area contributed by atoms with E-state index in [1.54, 1.807) is 6.07 Å². The fraction of sp³-hybridized carbons (Fsp3) is 0.308. The van der Waals surface area contributed by atoms with Crippen LogP contribution in [0.3, 0.4) is 0 Å². The number of aliphatic hydroxyl groups excluding tert-OH is 1. The lowest BCUT2D eigenvalue weighted by Gasteiger charge is -2.03. The van der Waals surface area contributed by atoms with Crippen LogP contribution in [0.25, 0.3) is 10.9 Å². The lowest BCUT2D eigenvalue weighted by molar-refractivity contribution is -0.136. The normalized spacial score (nSPS) is 11.0. The minimum Gasteiger partial charge on any atom is -0.481 e. The highest BCUT2D eigenvalue weighted by atomic mass is 16.4. The maximum absolute atomic E-state index is 10.8. The molecule has 0 aliphatic rings. The number of carboxylic acid groups (broad SMARTS) is 1. The quantitative estimate of drug-likeness (QED) is 0.611. The Morgan fingerprint density at radius 1 is 1.44 bits per heavy atom. The summed E-state index contributed by atoms with van der Waals surface area (Å²) in [5.74, 6) is -0.897. The van der Waals surface area contributed by atoms with Crippen molar-refractivity contribution >= 4 is 22.6 Å². The van der Waals surface area contributed by atoms with Crippen molar-refractivity contribution in [1.82, 2.24) is 4.98 Å². The third-order valence-corrected chi connectivity index (χ3v) is 3.00. The number of benzene rings is 1. The summed E-state index contributed by atoms with van der Waals surface area (Å²) in [4.78, 5) is 13.9. The van der Waals surface area contributed by atoms with E-state index in [1.165, 1.54) is 0 Å². The van der Waals surface area contributed by atoms with Gasteiger partial charge in [-0.1, -0.05) is 0 Å². The summed E-state index contributed by atoms with van der Waals surface area (Å²) in [6.45, 7) is 1.92. The minimum absolute atomic E-state index is 0.0105. The molecule has 0 spiro atoms. The number of aromatic amines is 1. The molecule has 0 fully saturated rings. The van der Waals surface area contributed by atoms with Crippen molar-refractivity contribution < 1.29 is 15.0 Å². The van der Waals surface area contributed by atoms with Crippen LogP contribution in [-0.4, -0.2) is 27.8 Å². The monoisotopic (exact) mass is 248 g/mol. The Kier molecular flexibility index (Phi) is 3.25. The molecule has 0 unspecified atom stereocenters. The molecule has 18 heavy (non-hydrogen) atoms. The lowest BCUT2D eigenvalue weighted by Crippen LogP contribution is -2.04. The van der Waals surface area contributed by atoms with Crippen LogP contribution in [0.2, 0.25) is 0 Å². The fourth-order valence-electron chi connectivity index (χ4n) is 2.39. The Hall–Kier alpha value is -2.01. The highest BCUT2D eigenvalue weighted by Gasteiger charge is 2.15. The van der Waals surface area contributed by atoms with Crippen molar-refractivity contribution in [3.63, 3.8) is 0 Å². The molecular formula is C13H16N2O3. The van der Waals surface area contributed by atoms with Gasteiger partial charge < -0.3 is 20.9 Å². The van der Waals surface area contributed by atoms with E-state index in [9.17, 15) is 4.79 Å². The molecule has 1 aromatic carbocycles. The first kappa shape index (κ1) is 12.4. The molecule has 0 radical (unpaired) electrons. The van der Waals surface area contributed by atoms with E-state index in [4.69, 9.17) is 15.9 Å². The predicted molar refractivity (Wildman–Crippen MR) is 69.6 cm³/mol. The van der Waals surface area contributed by atoms with Gasteiger partial charge in [0.15, 0.2) is 0 Å². The average molecular weight is 248 g/mol. The molecule has 0 aliphatic heterocycles. The summed E-state index contributed by atoms with van der Waals surface area (Å²) in [7, 11) is 0. The Balaban J connectivity index is 2.66. The predicted octanol–water partition coefficient (Wildman–Crippen LogP) is 1.22. The minimum atomic E-state index is -0.897. The van der Waals surface area contributed by atoms with Gasteiger partial charge in [0, 0.05) is 28.9 Å². The smallest absolute Gasteiger partial charge is 0.309 e. The van der Waals surface area contributed by atoms with E-state index in [2.05, 4.69) is 4.98 Å². The number of nitrogen functional groups attached to an aromatic ring is 1. The highest BCUT2D eigenvalue weighted by Crippen LogP contribution is 2.28. The molecule has 2 rings (SSSR count). The summed E-state index contributed by atoms with van der Waals surface area (Å²) in [6, 6.07) is 3.64. The first-order valence-electron chi connectivity index (χ1n) is 5.75. The van der Waals surface area contributed by atoms with Crippen molar-refractivity contribution in [2.45, 2.75) is 19.8 Å². The zero-order valence-electron chi connectivity index (χ0n) is 10.2. The molecule has 0 aliphatic carbocycles. The fourth-order valence-corrected chi connectivity index (χ4v) is 2.39. The number of carboxylic acids is 1. The third kappa shape index (κ3) is 2.17. The number of nitrogens with two attached hydrogens (primary N) is 1. The number of nitrogens with one attached hydrogen (secondary N) is 1. The van der Waals surface area contributed by atoms with E-state index in [1.807, 2.05) is 13.0 Å². The summed E-state index contributed by atoms with van der Waals surface area (Å²) >= 11 is 0. The summed E-state index contributed by atoms with van der Waals surface area (Å²) in [5, 5.41) is 19.0. The largest absolute Gasteiger partial charge is 0.481 e.